The zero-order chi connectivity index (χ0) is 13.5. The normalized spacial score (nSPS) is 10.4. The molecule has 100 valence electrons. The van der Waals surface area contributed by atoms with Crippen molar-refractivity contribution in [2.45, 2.75) is 12.7 Å². The van der Waals surface area contributed by atoms with Crippen molar-refractivity contribution < 1.29 is 0 Å². The minimum atomic E-state index is 0.775. The lowest BCUT2D eigenvalue weighted by molar-refractivity contribution is 1.22. The number of hydrogen-bond donors (Lipinski definition) is 1. The molecule has 19 heavy (non-hydrogen) atoms. The van der Waals surface area contributed by atoms with E-state index in [1.807, 2.05) is 36.0 Å². The Morgan fingerprint density at radius 1 is 1.11 bits per heavy atom. The van der Waals surface area contributed by atoms with Gasteiger partial charge in [-0.15, -0.1) is 0 Å². The van der Waals surface area contributed by atoms with Crippen LogP contribution in [0.2, 0.25) is 5.02 Å². The van der Waals surface area contributed by atoms with Gasteiger partial charge < -0.3 is 5.32 Å². The highest BCUT2D eigenvalue weighted by molar-refractivity contribution is 7.98. The van der Waals surface area contributed by atoms with E-state index in [0.29, 0.717) is 0 Å². The second-order valence-electron chi connectivity index (χ2n) is 4.48. The van der Waals surface area contributed by atoms with Gasteiger partial charge in [-0.1, -0.05) is 47.5 Å². The number of nitrogens with one attached hydrogen (secondary N) is 1. The fourth-order valence-corrected chi connectivity index (χ4v) is 2.85. The smallest absolute Gasteiger partial charge is 0.0426 e. The molecule has 0 heterocycles. The highest BCUT2D eigenvalue weighted by Crippen LogP contribution is 2.16. The molecule has 1 nitrogen and oxygen atoms in total. The fourth-order valence-electron chi connectivity index (χ4n) is 1.86. The van der Waals surface area contributed by atoms with Gasteiger partial charge in [0.25, 0.3) is 0 Å². The molecular weight excluding hydrogens is 274 g/mol. The first-order valence-corrected chi connectivity index (χ1v) is 7.90. The molecule has 2 aromatic rings. The molecule has 0 saturated carbocycles. The lowest BCUT2D eigenvalue weighted by Gasteiger charge is -2.07. The maximum atomic E-state index is 5.93. The number of anilines is 1. The predicted octanol–water partition coefficient (Wildman–Crippen LogP) is 4.99. The molecule has 0 aliphatic heterocycles. The van der Waals surface area contributed by atoms with E-state index in [-0.39, 0.29) is 0 Å². The van der Waals surface area contributed by atoms with Crippen LogP contribution in [0.3, 0.4) is 0 Å². The van der Waals surface area contributed by atoms with E-state index in [9.17, 15) is 0 Å². The quantitative estimate of drug-likeness (QED) is 0.752. The van der Waals surface area contributed by atoms with E-state index in [0.717, 1.165) is 28.8 Å². The molecule has 0 fully saturated rings. The average molecular weight is 292 g/mol. The minimum absolute atomic E-state index is 0.775. The summed E-state index contributed by atoms with van der Waals surface area (Å²) in [4.78, 5) is 0. The van der Waals surface area contributed by atoms with Gasteiger partial charge in [-0.05, 0) is 30.7 Å². The van der Waals surface area contributed by atoms with Crippen LogP contribution in [0.4, 0.5) is 5.69 Å². The summed E-state index contributed by atoms with van der Waals surface area (Å²) in [6, 6.07) is 16.5. The van der Waals surface area contributed by atoms with Crippen LogP contribution in [-0.2, 0) is 5.75 Å². The van der Waals surface area contributed by atoms with E-state index < -0.39 is 0 Å². The van der Waals surface area contributed by atoms with E-state index in [1.54, 1.807) is 0 Å². The molecule has 0 radical (unpaired) electrons. The Balaban J connectivity index is 1.67. The third-order valence-corrected chi connectivity index (χ3v) is 4.02. The zero-order valence-corrected chi connectivity index (χ0v) is 12.6. The topological polar surface area (TPSA) is 12.0 Å². The van der Waals surface area contributed by atoms with Gasteiger partial charge in [-0.25, -0.2) is 0 Å². The molecule has 0 aliphatic carbocycles. The summed E-state index contributed by atoms with van der Waals surface area (Å²) in [5.74, 6) is 2.15. The monoisotopic (exact) mass is 291 g/mol. The van der Waals surface area contributed by atoms with Gasteiger partial charge in [0.1, 0.15) is 0 Å². The van der Waals surface area contributed by atoms with Crippen molar-refractivity contribution in [1.82, 2.24) is 0 Å². The van der Waals surface area contributed by atoms with Crippen LogP contribution in [-0.4, -0.2) is 12.3 Å². The Hall–Kier alpha value is -1.12. The molecule has 0 saturated heterocycles. The van der Waals surface area contributed by atoms with Crippen molar-refractivity contribution >= 4 is 29.1 Å². The first-order chi connectivity index (χ1) is 9.24. The summed E-state index contributed by atoms with van der Waals surface area (Å²) < 4.78 is 0. The molecule has 0 spiro atoms. The van der Waals surface area contributed by atoms with E-state index in [4.69, 9.17) is 11.6 Å². The minimum Gasteiger partial charge on any atom is -0.384 e. The van der Waals surface area contributed by atoms with Crippen molar-refractivity contribution in [3.8, 4) is 0 Å². The van der Waals surface area contributed by atoms with Crippen LogP contribution in [0.25, 0.3) is 0 Å². The Morgan fingerprint density at radius 2 is 1.95 bits per heavy atom. The van der Waals surface area contributed by atoms with Crippen molar-refractivity contribution in [3.63, 3.8) is 0 Å². The van der Waals surface area contributed by atoms with Gasteiger partial charge in [-0.2, -0.15) is 11.8 Å². The fraction of sp³-hybridized carbons (Fsp3) is 0.250. The third-order valence-electron chi connectivity index (χ3n) is 2.75. The SMILES string of the molecule is Cc1cccc(CSCCNc2cccc(Cl)c2)c1. The Kier molecular flexibility index (Phi) is 5.62. The summed E-state index contributed by atoms with van der Waals surface area (Å²) in [6.45, 7) is 3.09. The van der Waals surface area contributed by atoms with Gasteiger partial charge in [-0.3, -0.25) is 0 Å². The summed E-state index contributed by atoms with van der Waals surface area (Å²) in [5, 5.41) is 4.15. The Bertz CT molecular complexity index is 480. The summed E-state index contributed by atoms with van der Waals surface area (Å²) in [6.07, 6.45) is 0. The van der Waals surface area contributed by atoms with E-state index in [2.05, 4.69) is 36.5 Å². The molecule has 3 heteroatoms. The molecular formula is C16H18ClNS. The van der Waals surface area contributed by atoms with Crippen LogP contribution in [0.15, 0.2) is 48.5 Å². The number of rotatable bonds is 6. The van der Waals surface area contributed by atoms with Gasteiger partial charge in [0.2, 0.25) is 0 Å². The molecule has 0 bridgehead atoms. The van der Waals surface area contributed by atoms with Crippen molar-refractivity contribution in [2.75, 3.05) is 17.6 Å². The molecule has 0 aliphatic rings. The molecule has 0 unspecified atom stereocenters. The van der Waals surface area contributed by atoms with Gasteiger partial charge >= 0.3 is 0 Å². The van der Waals surface area contributed by atoms with Gasteiger partial charge in [0.15, 0.2) is 0 Å². The van der Waals surface area contributed by atoms with Gasteiger partial charge in [0, 0.05) is 28.8 Å². The van der Waals surface area contributed by atoms with Crippen LogP contribution in [0, 0.1) is 6.92 Å². The number of hydrogen-bond acceptors (Lipinski definition) is 2. The standard InChI is InChI=1S/C16H18ClNS/c1-13-4-2-5-14(10-13)12-19-9-8-18-16-7-3-6-15(17)11-16/h2-7,10-11,18H,8-9,12H2,1H3. The van der Waals surface area contributed by atoms with Crippen LogP contribution in [0.5, 0.6) is 0 Å². The highest BCUT2D eigenvalue weighted by Gasteiger charge is 1.96. The first kappa shape index (κ1) is 14.3. The van der Waals surface area contributed by atoms with Crippen molar-refractivity contribution in [2.24, 2.45) is 0 Å². The lowest BCUT2D eigenvalue weighted by Crippen LogP contribution is -2.04. The predicted molar refractivity (Wildman–Crippen MR) is 87.3 cm³/mol. The summed E-state index contributed by atoms with van der Waals surface area (Å²) in [5.41, 5.74) is 3.81. The zero-order valence-electron chi connectivity index (χ0n) is 11.0. The molecule has 2 aromatic carbocycles. The highest BCUT2D eigenvalue weighted by atomic mass is 35.5. The van der Waals surface area contributed by atoms with Crippen LogP contribution >= 0.6 is 23.4 Å². The number of thioether (sulfide) groups is 1. The Morgan fingerprint density at radius 3 is 2.74 bits per heavy atom. The third kappa shape index (κ3) is 5.17. The molecule has 1 N–H and O–H groups in total. The summed E-state index contributed by atoms with van der Waals surface area (Å²) in [7, 11) is 0. The summed E-state index contributed by atoms with van der Waals surface area (Å²) >= 11 is 7.88. The largest absolute Gasteiger partial charge is 0.384 e. The molecule has 0 atom stereocenters. The second-order valence-corrected chi connectivity index (χ2v) is 6.02. The Labute approximate surface area is 124 Å². The number of aryl methyl sites for hydroxylation is 1. The molecule has 0 amide bonds. The van der Waals surface area contributed by atoms with E-state index in [1.165, 1.54) is 11.1 Å². The van der Waals surface area contributed by atoms with E-state index >= 15 is 0 Å². The lowest BCUT2D eigenvalue weighted by atomic mass is 10.2. The van der Waals surface area contributed by atoms with Crippen molar-refractivity contribution in [3.05, 3.63) is 64.7 Å². The van der Waals surface area contributed by atoms with Crippen LogP contribution < -0.4 is 5.32 Å². The van der Waals surface area contributed by atoms with Crippen LogP contribution in [0.1, 0.15) is 11.1 Å². The molecule has 2 rings (SSSR count). The van der Waals surface area contributed by atoms with Crippen molar-refractivity contribution in [1.29, 1.82) is 0 Å². The maximum absolute atomic E-state index is 5.93. The average Bonchev–Trinajstić information content (AvgIpc) is 2.38. The second kappa shape index (κ2) is 7.46. The first-order valence-electron chi connectivity index (χ1n) is 6.37. The molecule has 0 aromatic heterocycles. The number of benzene rings is 2. The number of halogens is 1. The van der Waals surface area contributed by atoms with Gasteiger partial charge in [0.05, 0.1) is 0 Å². The maximum Gasteiger partial charge on any atom is 0.0426 e.